The van der Waals surface area contributed by atoms with E-state index in [0.29, 0.717) is 17.8 Å². The number of nitrogens with zero attached hydrogens (tertiary/aromatic N) is 2. The molecule has 0 bridgehead atoms. The zero-order valence-electron chi connectivity index (χ0n) is 13.9. The molecule has 0 saturated carbocycles. The number of hydrogen-bond donors (Lipinski definition) is 1. The highest BCUT2D eigenvalue weighted by molar-refractivity contribution is 8.00. The molecule has 0 aliphatic carbocycles. The first-order valence-corrected chi connectivity index (χ1v) is 9.61. The van der Waals surface area contributed by atoms with E-state index in [1.807, 2.05) is 17.8 Å². The van der Waals surface area contributed by atoms with Gasteiger partial charge in [-0.05, 0) is 19.0 Å². The molecule has 2 aliphatic heterocycles. The third kappa shape index (κ3) is 4.94. The van der Waals surface area contributed by atoms with Crippen molar-refractivity contribution in [1.82, 2.24) is 9.80 Å². The van der Waals surface area contributed by atoms with Crippen LogP contribution in [0.15, 0.2) is 30.3 Å². The van der Waals surface area contributed by atoms with Crippen molar-refractivity contribution < 1.29 is 9.84 Å². The van der Waals surface area contributed by atoms with Gasteiger partial charge in [0.25, 0.3) is 0 Å². The van der Waals surface area contributed by atoms with Crippen molar-refractivity contribution in [2.24, 2.45) is 0 Å². The first-order valence-electron chi connectivity index (χ1n) is 8.56. The van der Waals surface area contributed by atoms with E-state index in [-0.39, 0.29) is 6.10 Å². The lowest BCUT2D eigenvalue weighted by molar-refractivity contribution is 0.0118. The van der Waals surface area contributed by atoms with Gasteiger partial charge in [-0.3, -0.25) is 9.80 Å². The minimum Gasteiger partial charge on any atom is -0.390 e. The Labute approximate surface area is 143 Å². The van der Waals surface area contributed by atoms with E-state index in [1.165, 1.54) is 5.56 Å². The van der Waals surface area contributed by atoms with Gasteiger partial charge in [-0.25, -0.2) is 0 Å². The highest BCUT2D eigenvalue weighted by atomic mass is 32.2. The van der Waals surface area contributed by atoms with Crippen molar-refractivity contribution >= 4 is 11.8 Å². The number of aliphatic hydroxyl groups excluding tert-OH is 1. The van der Waals surface area contributed by atoms with Crippen LogP contribution in [0.2, 0.25) is 0 Å². The number of likely N-dealkylation sites (N-methyl/N-ethyl adjacent to an activating group) is 1. The van der Waals surface area contributed by atoms with Crippen LogP contribution in [0.1, 0.15) is 12.0 Å². The fourth-order valence-corrected chi connectivity index (χ4v) is 5.00. The predicted octanol–water partition coefficient (Wildman–Crippen LogP) is 1.69. The van der Waals surface area contributed by atoms with Crippen LogP contribution in [0.4, 0.5) is 0 Å². The lowest BCUT2D eigenvalue weighted by Gasteiger charge is -2.44. The molecular weight excluding hydrogens is 308 g/mol. The van der Waals surface area contributed by atoms with Gasteiger partial charge in [-0.1, -0.05) is 30.3 Å². The fraction of sp³-hybridized carbons (Fsp3) is 0.667. The molecule has 5 heteroatoms. The average molecular weight is 337 g/mol. The van der Waals surface area contributed by atoms with Crippen molar-refractivity contribution in [2.45, 2.75) is 30.4 Å². The molecule has 1 aromatic rings. The van der Waals surface area contributed by atoms with E-state index in [1.54, 1.807) is 0 Å². The molecule has 128 valence electrons. The third-order valence-electron chi connectivity index (χ3n) is 4.71. The molecule has 3 rings (SSSR count). The van der Waals surface area contributed by atoms with Crippen LogP contribution in [0.5, 0.6) is 0 Å². The number of benzene rings is 1. The maximum absolute atomic E-state index is 10.5. The second-order valence-corrected chi connectivity index (χ2v) is 8.02. The average Bonchev–Trinajstić information content (AvgIpc) is 2.56. The smallest absolute Gasteiger partial charge is 0.0793 e. The minimum atomic E-state index is -0.296. The van der Waals surface area contributed by atoms with Gasteiger partial charge in [0.05, 0.1) is 12.7 Å². The normalized spacial score (nSPS) is 26.9. The highest BCUT2D eigenvalue weighted by Crippen LogP contribution is 2.30. The third-order valence-corrected chi connectivity index (χ3v) is 6.01. The zero-order chi connectivity index (χ0) is 16.1. The lowest BCUT2D eigenvalue weighted by atomic mass is 10.1. The molecule has 0 aromatic heterocycles. The Kier molecular flexibility index (Phi) is 6.36. The van der Waals surface area contributed by atoms with Gasteiger partial charge in [0.15, 0.2) is 0 Å². The number of aliphatic hydroxyl groups is 1. The molecule has 2 aliphatic rings. The summed E-state index contributed by atoms with van der Waals surface area (Å²) in [5.74, 6) is 1.15. The van der Waals surface area contributed by atoms with Gasteiger partial charge in [-0.15, -0.1) is 0 Å². The standard InChI is InChI=1S/C18H28N2O2S/c1-19(11-15-5-3-2-4-6-15)12-16(21)13-20-8-10-23-18-14-22-9-7-17(18)20/h2-6,16-18,21H,7-14H2,1H3. The Morgan fingerprint density at radius 2 is 2.22 bits per heavy atom. The van der Waals surface area contributed by atoms with E-state index in [4.69, 9.17) is 4.74 Å². The minimum absolute atomic E-state index is 0.296. The first-order chi connectivity index (χ1) is 11.2. The number of ether oxygens (including phenoxy) is 1. The molecule has 0 spiro atoms. The fourth-order valence-electron chi connectivity index (χ4n) is 3.64. The predicted molar refractivity (Wildman–Crippen MR) is 95.8 cm³/mol. The maximum atomic E-state index is 10.5. The van der Waals surface area contributed by atoms with Crippen molar-refractivity contribution in [3.8, 4) is 0 Å². The Hall–Kier alpha value is -0.590. The second kappa shape index (κ2) is 8.49. The summed E-state index contributed by atoms with van der Waals surface area (Å²) in [4.78, 5) is 4.70. The Morgan fingerprint density at radius 3 is 3.04 bits per heavy atom. The number of thioether (sulfide) groups is 1. The SMILES string of the molecule is CN(Cc1ccccc1)CC(O)CN1CCSC2COCCC21. The molecule has 1 N–H and O–H groups in total. The summed E-state index contributed by atoms with van der Waals surface area (Å²) >= 11 is 2.03. The molecule has 23 heavy (non-hydrogen) atoms. The van der Waals surface area contributed by atoms with Crippen molar-refractivity contribution in [1.29, 1.82) is 0 Å². The summed E-state index contributed by atoms with van der Waals surface area (Å²) < 4.78 is 5.60. The topological polar surface area (TPSA) is 35.9 Å². The molecule has 3 atom stereocenters. The van der Waals surface area contributed by atoms with Gasteiger partial charge >= 0.3 is 0 Å². The second-order valence-electron chi connectivity index (χ2n) is 6.67. The summed E-state index contributed by atoms with van der Waals surface area (Å²) in [5, 5.41) is 11.1. The molecule has 2 fully saturated rings. The van der Waals surface area contributed by atoms with Crippen LogP contribution in [-0.2, 0) is 11.3 Å². The summed E-state index contributed by atoms with van der Waals surface area (Å²) in [6.07, 6.45) is 0.805. The van der Waals surface area contributed by atoms with Gasteiger partial charge in [0, 0.05) is 49.8 Å². The van der Waals surface area contributed by atoms with Crippen LogP contribution in [0.3, 0.4) is 0 Å². The molecule has 0 amide bonds. The van der Waals surface area contributed by atoms with Crippen molar-refractivity contribution in [2.75, 3.05) is 45.6 Å². The van der Waals surface area contributed by atoms with Crippen LogP contribution >= 0.6 is 11.8 Å². The Bertz CT molecular complexity index is 471. The summed E-state index contributed by atoms with van der Waals surface area (Å²) in [6.45, 7) is 5.20. The monoisotopic (exact) mass is 336 g/mol. The van der Waals surface area contributed by atoms with E-state index in [2.05, 4.69) is 41.1 Å². The van der Waals surface area contributed by atoms with Gasteiger partial charge in [-0.2, -0.15) is 11.8 Å². The quantitative estimate of drug-likeness (QED) is 0.855. The number of hydrogen-bond acceptors (Lipinski definition) is 5. The summed E-state index contributed by atoms with van der Waals surface area (Å²) in [6, 6.07) is 11.0. The van der Waals surface area contributed by atoms with Crippen molar-refractivity contribution in [3.05, 3.63) is 35.9 Å². The first kappa shape index (κ1) is 17.2. The molecule has 2 saturated heterocycles. The number of rotatable bonds is 6. The van der Waals surface area contributed by atoms with Crippen LogP contribution < -0.4 is 0 Å². The van der Waals surface area contributed by atoms with Crippen LogP contribution in [0.25, 0.3) is 0 Å². The van der Waals surface area contributed by atoms with E-state index >= 15 is 0 Å². The van der Waals surface area contributed by atoms with E-state index in [9.17, 15) is 5.11 Å². The molecule has 4 nitrogen and oxygen atoms in total. The Morgan fingerprint density at radius 1 is 1.39 bits per heavy atom. The lowest BCUT2D eigenvalue weighted by Crippen LogP contribution is -2.54. The van der Waals surface area contributed by atoms with Crippen LogP contribution in [-0.4, -0.2) is 78.0 Å². The summed E-state index contributed by atoms with van der Waals surface area (Å²) in [5.41, 5.74) is 1.29. The maximum Gasteiger partial charge on any atom is 0.0793 e. The van der Waals surface area contributed by atoms with Gasteiger partial charge in [0.2, 0.25) is 0 Å². The van der Waals surface area contributed by atoms with E-state index in [0.717, 1.165) is 45.0 Å². The molecule has 2 heterocycles. The van der Waals surface area contributed by atoms with E-state index < -0.39 is 0 Å². The zero-order valence-corrected chi connectivity index (χ0v) is 14.8. The Balaban J connectivity index is 1.47. The van der Waals surface area contributed by atoms with Crippen LogP contribution in [0, 0.1) is 0 Å². The molecular formula is C18H28N2O2S. The van der Waals surface area contributed by atoms with Gasteiger partial charge < -0.3 is 9.84 Å². The van der Waals surface area contributed by atoms with Gasteiger partial charge in [0.1, 0.15) is 0 Å². The number of β-amino-alcohol motifs (C(OH)–C–C–N with tert-alkyl or cyclic N) is 1. The number of fused-ring (bicyclic) bond motifs is 1. The molecule has 3 unspecified atom stereocenters. The molecule has 1 aromatic carbocycles. The highest BCUT2D eigenvalue weighted by Gasteiger charge is 2.35. The summed E-state index contributed by atoms with van der Waals surface area (Å²) in [7, 11) is 2.08. The van der Waals surface area contributed by atoms with Crippen molar-refractivity contribution in [3.63, 3.8) is 0 Å². The molecule has 0 radical (unpaired) electrons. The largest absolute Gasteiger partial charge is 0.390 e.